The van der Waals surface area contributed by atoms with E-state index in [4.69, 9.17) is 4.42 Å². The Balaban J connectivity index is 2.82. The summed E-state index contributed by atoms with van der Waals surface area (Å²) in [5, 5.41) is 6.49. The average Bonchev–Trinajstić information content (AvgIpc) is 2.74. The van der Waals surface area contributed by atoms with Gasteiger partial charge in [0.1, 0.15) is 0 Å². The third-order valence-corrected chi connectivity index (χ3v) is 4.20. The van der Waals surface area contributed by atoms with Crippen LogP contribution in [0, 0.1) is 0 Å². The highest BCUT2D eigenvalue weighted by atomic mass is 16.4. The summed E-state index contributed by atoms with van der Waals surface area (Å²) in [6, 6.07) is 0. The first-order chi connectivity index (χ1) is 14.7. The summed E-state index contributed by atoms with van der Waals surface area (Å²) in [4.78, 5) is 62.1. The number of unbranched alkanes of at least 4 members (excludes halogenated alkanes) is 6. The summed E-state index contributed by atoms with van der Waals surface area (Å²) in [7, 11) is 0. The van der Waals surface area contributed by atoms with Crippen molar-refractivity contribution in [2.75, 3.05) is 13.1 Å². The van der Waals surface area contributed by atoms with Gasteiger partial charge in [-0.15, -0.1) is 0 Å². The number of hydrogen-bond donors (Lipinski definition) is 0. The highest BCUT2D eigenvalue weighted by Crippen LogP contribution is 2.02. The molecule has 1 heterocycles. The lowest BCUT2D eigenvalue weighted by atomic mass is 10.2. The smallest absolute Gasteiger partial charge is 0.373 e. The third-order valence-electron chi connectivity index (χ3n) is 4.20. The van der Waals surface area contributed by atoms with Crippen molar-refractivity contribution in [3.05, 3.63) is 26.7 Å². The number of isocyanates is 3. The van der Waals surface area contributed by atoms with Crippen LogP contribution in [0.1, 0.15) is 51.4 Å². The van der Waals surface area contributed by atoms with Crippen molar-refractivity contribution in [1.29, 1.82) is 0 Å². The van der Waals surface area contributed by atoms with Crippen molar-refractivity contribution in [3.63, 3.8) is 0 Å². The maximum atomic E-state index is 12.7. The van der Waals surface area contributed by atoms with Gasteiger partial charge in [0.05, 0.1) is 13.1 Å². The first-order valence-electron chi connectivity index (χ1n) is 9.68. The molecule has 0 bridgehead atoms. The van der Waals surface area contributed by atoms with Crippen LogP contribution in [0.2, 0.25) is 0 Å². The number of carbonyl (C=O) groups excluding carboxylic acids is 3. The molecule has 0 fully saturated rings. The van der Waals surface area contributed by atoms with Gasteiger partial charge in [-0.1, -0.05) is 35.9 Å². The van der Waals surface area contributed by atoms with Crippen molar-refractivity contribution in [2.45, 2.75) is 64.5 Å². The maximum absolute atomic E-state index is 12.7. The summed E-state index contributed by atoms with van der Waals surface area (Å²) >= 11 is 0. The quantitative estimate of drug-likeness (QED) is 0.174. The molecule has 12 nitrogen and oxygen atoms in total. The zero-order chi connectivity index (χ0) is 22.0. The van der Waals surface area contributed by atoms with Crippen LogP contribution in [0.4, 0.5) is 0 Å². The molecule has 12 heteroatoms. The molecule has 0 aromatic carbocycles. The van der Waals surface area contributed by atoms with Crippen molar-refractivity contribution < 1.29 is 18.8 Å². The van der Waals surface area contributed by atoms with Crippen LogP contribution in [-0.2, 0) is 27.5 Å². The van der Waals surface area contributed by atoms with Crippen molar-refractivity contribution in [2.24, 2.45) is 20.2 Å². The Morgan fingerprint density at radius 2 is 1.23 bits per heavy atom. The predicted molar refractivity (Wildman–Crippen MR) is 104 cm³/mol. The minimum absolute atomic E-state index is 0.166. The van der Waals surface area contributed by atoms with E-state index in [0.717, 1.165) is 47.7 Å². The zero-order valence-electron chi connectivity index (χ0n) is 16.6. The molecule has 0 saturated heterocycles. The lowest BCUT2D eigenvalue weighted by Crippen LogP contribution is -2.46. The molecule has 0 amide bonds. The van der Waals surface area contributed by atoms with E-state index in [0.29, 0.717) is 25.9 Å². The summed E-state index contributed by atoms with van der Waals surface area (Å²) in [6.45, 7) is 1.19. The van der Waals surface area contributed by atoms with E-state index < -0.39 is 11.4 Å². The summed E-state index contributed by atoms with van der Waals surface area (Å²) in [5.41, 5.74) is -0.955. The summed E-state index contributed by atoms with van der Waals surface area (Å²) < 4.78 is 7.19. The van der Waals surface area contributed by atoms with Crippen LogP contribution in [0.25, 0.3) is 0 Å². The van der Waals surface area contributed by atoms with Gasteiger partial charge in [-0.05, 0) is 25.7 Å². The summed E-state index contributed by atoms with van der Waals surface area (Å²) in [5.74, 6) is -0.881. The Morgan fingerprint density at radius 3 is 1.77 bits per heavy atom. The molecule has 0 aliphatic heterocycles. The monoisotopic (exact) mass is 420 g/mol. The van der Waals surface area contributed by atoms with Crippen molar-refractivity contribution in [1.82, 2.24) is 9.13 Å². The van der Waals surface area contributed by atoms with Gasteiger partial charge in [0.2, 0.25) is 12.2 Å². The molecule has 0 N–H and O–H groups in total. The minimum Gasteiger partial charge on any atom is -0.373 e. The molecule has 0 radical (unpaired) electrons. The normalized spacial score (nSPS) is 10.7. The molecule has 0 spiro atoms. The van der Waals surface area contributed by atoms with Crippen LogP contribution in [0.15, 0.2) is 34.2 Å². The number of rotatable bonds is 15. The van der Waals surface area contributed by atoms with E-state index >= 15 is 0 Å². The SMILES string of the molecule is O=C=NCCCCCCn1c(=O)o/c(=N/N=C=O)n(CCCCCCN=C=O)c1=O. The first kappa shape index (κ1) is 24.6. The van der Waals surface area contributed by atoms with Crippen LogP contribution in [-0.4, -0.2) is 40.5 Å². The van der Waals surface area contributed by atoms with Gasteiger partial charge in [-0.25, -0.2) is 43.1 Å². The molecule has 0 atom stereocenters. The van der Waals surface area contributed by atoms with Crippen LogP contribution in [0.3, 0.4) is 0 Å². The molecular formula is C18H24N6O6. The van der Waals surface area contributed by atoms with Crippen LogP contribution >= 0.6 is 0 Å². The minimum atomic E-state index is -0.881. The molecule has 1 rings (SSSR count). The van der Waals surface area contributed by atoms with Crippen LogP contribution in [0.5, 0.6) is 0 Å². The van der Waals surface area contributed by atoms with Gasteiger partial charge in [0.15, 0.2) is 0 Å². The van der Waals surface area contributed by atoms with Gasteiger partial charge < -0.3 is 4.42 Å². The van der Waals surface area contributed by atoms with E-state index in [1.165, 1.54) is 18.2 Å². The largest absolute Gasteiger partial charge is 0.425 e. The molecule has 0 aliphatic rings. The Labute approximate surface area is 171 Å². The molecular weight excluding hydrogens is 396 g/mol. The maximum Gasteiger partial charge on any atom is 0.425 e. The number of aromatic nitrogens is 2. The molecule has 0 aliphatic carbocycles. The van der Waals surface area contributed by atoms with E-state index in [-0.39, 0.29) is 18.8 Å². The first-order valence-corrected chi connectivity index (χ1v) is 9.68. The Hall–Kier alpha value is -3.45. The topological polar surface area (TPSA) is 158 Å². The predicted octanol–water partition coefficient (Wildman–Crippen LogP) is 0.547. The van der Waals surface area contributed by atoms with E-state index in [2.05, 4.69) is 20.2 Å². The third kappa shape index (κ3) is 9.16. The Bertz CT molecular complexity index is 988. The average molecular weight is 420 g/mol. The highest BCUT2D eigenvalue weighted by Gasteiger charge is 2.11. The molecule has 162 valence electrons. The molecule has 30 heavy (non-hydrogen) atoms. The zero-order valence-corrected chi connectivity index (χ0v) is 16.6. The highest BCUT2D eigenvalue weighted by molar-refractivity contribution is 5.33. The Morgan fingerprint density at radius 1 is 0.700 bits per heavy atom. The fraction of sp³-hybridized carbons (Fsp3) is 0.667. The van der Waals surface area contributed by atoms with Gasteiger partial charge >= 0.3 is 17.1 Å². The number of nitrogens with zero attached hydrogens (tertiary/aromatic N) is 6. The lowest BCUT2D eigenvalue weighted by molar-refractivity contribution is 0.301. The molecule has 1 aromatic rings. The van der Waals surface area contributed by atoms with Crippen molar-refractivity contribution in [3.8, 4) is 0 Å². The van der Waals surface area contributed by atoms with Crippen molar-refractivity contribution >= 4 is 18.2 Å². The van der Waals surface area contributed by atoms with Crippen LogP contribution < -0.4 is 17.1 Å². The van der Waals surface area contributed by atoms with Gasteiger partial charge in [-0.3, -0.25) is 0 Å². The second-order valence-corrected chi connectivity index (χ2v) is 6.30. The van der Waals surface area contributed by atoms with E-state index in [9.17, 15) is 24.0 Å². The lowest BCUT2D eigenvalue weighted by Gasteiger charge is -2.09. The van der Waals surface area contributed by atoms with Gasteiger partial charge in [0, 0.05) is 13.1 Å². The standard InChI is InChI=1S/C18H24N6O6/c25-13-19-9-5-1-3-7-11-23-16(22-21-15-27)30-18(29)24(17(23)28)12-8-4-2-6-10-20-14-26/h1-12H2/b22-16+. The molecule has 0 saturated carbocycles. The fourth-order valence-corrected chi connectivity index (χ4v) is 2.73. The molecule has 0 unspecified atom stereocenters. The number of aliphatic imine (C=N–C) groups is 2. The Kier molecular flexibility index (Phi) is 12.7. The molecule has 1 aromatic heterocycles. The van der Waals surface area contributed by atoms with Gasteiger partial charge in [0.25, 0.3) is 6.08 Å². The van der Waals surface area contributed by atoms with E-state index in [1.54, 1.807) is 0 Å². The second kappa shape index (κ2) is 15.5. The fourth-order valence-electron chi connectivity index (χ4n) is 2.73. The summed E-state index contributed by atoms with van der Waals surface area (Å²) in [6.07, 6.45) is 9.82. The van der Waals surface area contributed by atoms with Gasteiger partial charge in [-0.2, -0.15) is 0 Å². The second-order valence-electron chi connectivity index (χ2n) is 6.30. The number of hydrogen-bond acceptors (Lipinski definition) is 10. The van der Waals surface area contributed by atoms with E-state index in [1.807, 2.05) is 0 Å².